The zero-order chi connectivity index (χ0) is 6.57. The normalized spacial score (nSPS) is 13.4. The zero-order valence-electron chi connectivity index (χ0n) is 4.66. The van der Waals surface area contributed by atoms with Crippen molar-refractivity contribution in [2.45, 2.75) is 25.1 Å². The lowest BCUT2D eigenvalue weighted by atomic mass is 10.3. The molecule has 0 fully saturated rings. The van der Waals surface area contributed by atoms with Crippen molar-refractivity contribution in [1.82, 2.24) is 0 Å². The van der Waals surface area contributed by atoms with E-state index in [1.807, 2.05) is 6.92 Å². The van der Waals surface area contributed by atoms with Crippen LogP contribution < -0.4 is 0 Å². The summed E-state index contributed by atoms with van der Waals surface area (Å²) in [5.41, 5.74) is 0. The maximum Gasteiger partial charge on any atom is 0.239 e. The van der Waals surface area contributed by atoms with Gasteiger partial charge >= 0.3 is 0 Å². The highest BCUT2D eigenvalue weighted by molar-refractivity contribution is 6.69. The molecule has 0 aliphatic carbocycles. The molecule has 0 N–H and O–H groups in total. The van der Waals surface area contributed by atoms with Gasteiger partial charge in [0.15, 0.2) is 0 Å². The Balaban J connectivity index is 3.32. The number of carbonyl (C=O) groups excluding carboxylic acids is 1. The van der Waals surface area contributed by atoms with Crippen LogP contribution in [-0.4, -0.2) is 10.6 Å². The molecule has 0 saturated carbocycles. The fourth-order valence-corrected chi connectivity index (χ4v) is 0.694. The van der Waals surface area contributed by atoms with Gasteiger partial charge in [-0.3, -0.25) is 4.79 Å². The molecule has 0 rings (SSSR count). The molecule has 0 aliphatic heterocycles. The zero-order valence-corrected chi connectivity index (χ0v) is 6.17. The molecule has 0 aromatic heterocycles. The number of halogens is 2. The minimum atomic E-state index is -0.485. The van der Waals surface area contributed by atoms with Gasteiger partial charge in [0.05, 0.1) is 0 Å². The molecule has 3 heteroatoms. The van der Waals surface area contributed by atoms with E-state index in [0.717, 1.165) is 6.42 Å². The number of hydrogen-bond acceptors (Lipinski definition) is 1. The molecular weight excluding hydrogens is 147 g/mol. The monoisotopic (exact) mass is 154 g/mol. The number of alkyl halides is 1. The first kappa shape index (κ1) is 8.25. The molecule has 0 aromatic rings. The second-order valence-electron chi connectivity index (χ2n) is 1.56. The smallest absolute Gasteiger partial charge is 0.239 e. The van der Waals surface area contributed by atoms with Crippen molar-refractivity contribution in [1.29, 1.82) is 0 Å². The number of rotatable bonds is 3. The standard InChI is InChI=1S/C5H8Cl2O/c1-2-3-4(6)5(7)8/h4H,2-3H2,1H3. The summed E-state index contributed by atoms with van der Waals surface area (Å²) >= 11 is 10.5. The summed E-state index contributed by atoms with van der Waals surface area (Å²) in [6.45, 7) is 1.95. The summed E-state index contributed by atoms with van der Waals surface area (Å²) in [6.07, 6.45) is 1.57. The molecule has 0 amide bonds. The van der Waals surface area contributed by atoms with Gasteiger partial charge in [0, 0.05) is 0 Å². The van der Waals surface area contributed by atoms with Crippen LogP contribution in [-0.2, 0) is 4.79 Å². The van der Waals surface area contributed by atoms with Crippen LogP contribution >= 0.6 is 23.2 Å². The number of carbonyl (C=O) groups is 1. The van der Waals surface area contributed by atoms with Crippen molar-refractivity contribution in [3.63, 3.8) is 0 Å². The quantitative estimate of drug-likeness (QED) is 0.450. The Labute approximate surface area is 59.0 Å². The molecule has 0 bridgehead atoms. The van der Waals surface area contributed by atoms with Crippen molar-refractivity contribution in [2.24, 2.45) is 0 Å². The highest BCUT2D eigenvalue weighted by Gasteiger charge is 2.09. The molecule has 0 spiro atoms. The Bertz CT molecular complexity index is 82.5. The molecule has 8 heavy (non-hydrogen) atoms. The fourth-order valence-electron chi connectivity index (χ4n) is 0.367. The maximum absolute atomic E-state index is 10.2. The molecule has 0 heterocycles. The van der Waals surface area contributed by atoms with Crippen molar-refractivity contribution < 1.29 is 4.79 Å². The van der Waals surface area contributed by atoms with Crippen LogP contribution in [0, 0.1) is 0 Å². The first-order valence-corrected chi connectivity index (χ1v) is 3.33. The first-order valence-electron chi connectivity index (χ1n) is 2.52. The molecule has 0 aliphatic rings. The molecule has 1 nitrogen and oxygen atoms in total. The van der Waals surface area contributed by atoms with Gasteiger partial charge in [-0.25, -0.2) is 0 Å². The van der Waals surface area contributed by atoms with Crippen LogP contribution in [0.4, 0.5) is 0 Å². The van der Waals surface area contributed by atoms with Gasteiger partial charge in [0.25, 0.3) is 0 Å². The molecule has 1 unspecified atom stereocenters. The van der Waals surface area contributed by atoms with Crippen LogP contribution in [0.25, 0.3) is 0 Å². The van der Waals surface area contributed by atoms with E-state index < -0.39 is 10.6 Å². The minimum absolute atomic E-state index is 0.450. The first-order chi connectivity index (χ1) is 3.68. The molecule has 48 valence electrons. The predicted octanol–water partition coefficient (Wildman–Crippen LogP) is 2.16. The van der Waals surface area contributed by atoms with E-state index in [9.17, 15) is 4.79 Å². The largest absolute Gasteiger partial charge is 0.280 e. The second kappa shape index (κ2) is 4.16. The average Bonchev–Trinajstić information content (AvgIpc) is 1.67. The molecule has 0 aromatic carbocycles. The van der Waals surface area contributed by atoms with E-state index in [-0.39, 0.29) is 0 Å². The van der Waals surface area contributed by atoms with Gasteiger partial charge in [0.1, 0.15) is 5.38 Å². The Morgan fingerprint density at radius 2 is 2.25 bits per heavy atom. The second-order valence-corrected chi connectivity index (χ2v) is 2.46. The van der Waals surface area contributed by atoms with E-state index >= 15 is 0 Å². The van der Waals surface area contributed by atoms with Crippen LogP contribution in [0.3, 0.4) is 0 Å². The van der Waals surface area contributed by atoms with Crippen molar-refractivity contribution in [3.8, 4) is 0 Å². The van der Waals surface area contributed by atoms with E-state index in [2.05, 4.69) is 0 Å². The van der Waals surface area contributed by atoms with Gasteiger partial charge in [0.2, 0.25) is 5.24 Å². The lowest BCUT2D eigenvalue weighted by Gasteiger charge is -1.97. The van der Waals surface area contributed by atoms with Crippen LogP contribution in [0.5, 0.6) is 0 Å². The lowest BCUT2D eigenvalue weighted by molar-refractivity contribution is -0.111. The van der Waals surface area contributed by atoms with E-state index in [1.165, 1.54) is 0 Å². The van der Waals surface area contributed by atoms with Crippen LogP contribution in [0.2, 0.25) is 0 Å². The molecular formula is C5H8Cl2O. The summed E-state index contributed by atoms with van der Waals surface area (Å²) in [6, 6.07) is 0. The molecule has 0 saturated heterocycles. The Kier molecular flexibility index (Phi) is 4.29. The number of hydrogen-bond donors (Lipinski definition) is 0. The van der Waals surface area contributed by atoms with Crippen LogP contribution in [0.1, 0.15) is 19.8 Å². The third-order valence-corrected chi connectivity index (χ3v) is 1.58. The van der Waals surface area contributed by atoms with Gasteiger partial charge < -0.3 is 0 Å². The fraction of sp³-hybridized carbons (Fsp3) is 0.800. The average molecular weight is 155 g/mol. The van der Waals surface area contributed by atoms with E-state index in [1.54, 1.807) is 0 Å². The van der Waals surface area contributed by atoms with Gasteiger partial charge in [-0.1, -0.05) is 13.3 Å². The van der Waals surface area contributed by atoms with E-state index in [4.69, 9.17) is 23.2 Å². The molecule has 1 atom stereocenters. The van der Waals surface area contributed by atoms with Gasteiger partial charge in [-0.05, 0) is 18.0 Å². The minimum Gasteiger partial charge on any atom is -0.280 e. The predicted molar refractivity (Wildman–Crippen MR) is 35.4 cm³/mol. The Morgan fingerprint density at radius 3 is 2.38 bits per heavy atom. The van der Waals surface area contributed by atoms with Gasteiger partial charge in [-0.15, -0.1) is 11.6 Å². The molecule has 0 radical (unpaired) electrons. The summed E-state index contributed by atoms with van der Waals surface area (Å²) in [5.74, 6) is 0. The SMILES string of the molecule is CCCC(Cl)C(=O)Cl. The Morgan fingerprint density at radius 1 is 1.75 bits per heavy atom. The summed E-state index contributed by atoms with van der Waals surface area (Å²) in [5, 5.41) is -0.935. The van der Waals surface area contributed by atoms with E-state index in [0.29, 0.717) is 6.42 Å². The maximum atomic E-state index is 10.2. The third-order valence-electron chi connectivity index (χ3n) is 0.788. The van der Waals surface area contributed by atoms with Crippen molar-refractivity contribution in [3.05, 3.63) is 0 Å². The summed E-state index contributed by atoms with van der Waals surface area (Å²) in [7, 11) is 0. The summed E-state index contributed by atoms with van der Waals surface area (Å²) in [4.78, 5) is 10.2. The highest BCUT2D eigenvalue weighted by Crippen LogP contribution is 2.07. The third kappa shape index (κ3) is 3.28. The van der Waals surface area contributed by atoms with Crippen molar-refractivity contribution in [2.75, 3.05) is 0 Å². The van der Waals surface area contributed by atoms with Crippen LogP contribution in [0.15, 0.2) is 0 Å². The van der Waals surface area contributed by atoms with Gasteiger partial charge in [-0.2, -0.15) is 0 Å². The lowest BCUT2D eigenvalue weighted by Crippen LogP contribution is -2.05. The summed E-state index contributed by atoms with van der Waals surface area (Å²) < 4.78 is 0. The Hall–Kier alpha value is 0.250. The van der Waals surface area contributed by atoms with Crippen molar-refractivity contribution >= 4 is 28.4 Å². The highest BCUT2D eigenvalue weighted by atomic mass is 35.5. The topological polar surface area (TPSA) is 17.1 Å².